The number of carboxylic acid groups (broad SMARTS) is 1. The third-order valence-corrected chi connectivity index (χ3v) is 2.41. The van der Waals surface area contributed by atoms with Crippen LogP contribution < -0.4 is 5.32 Å². The molecule has 0 radical (unpaired) electrons. The summed E-state index contributed by atoms with van der Waals surface area (Å²) >= 11 is 0. The fraction of sp³-hybridized carbons (Fsp3) is 0.308. The van der Waals surface area contributed by atoms with Crippen LogP contribution in [0, 0.1) is 5.82 Å². The maximum absolute atomic E-state index is 13.0. The fourth-order valence-electron chi connectivity index (χ4n) is 1.47. The summed E-state index contributed by atoms with van der Waals surface area (Å²) in [5.41, 5.74) is 1.56. The van der Waals surface area contributed by atoms with Crippen LogP contribution in [-0.4, -0.2) is 17.6 Å². The van der Waals surface area contributed by atoms with Crippen molar-refractivity contribution in [3.05, 3.63) is 47.3 Å². The van der Waals surface area contributed by atoms with Gasteiger partial charge in [0.15, 0.2) is 0 Å². The molecule has 1 rings (SSSR count). The van der Waals surface area contributed by atoms with Crippen LogP contribution in [0.5, 0.6) is 0 Å². The van der Waals surface area contributed by atoms with E-state index >= 15 is 0 Å². The summed E-state index contributed by atoms with van der Waals surface area (Å²) in [6.07, 6.45) is 1.16. The van der Waals surface area contributed by atoms with Crippen molar-refractivity contribution in [3.63, 3.8) is 0 Å². The number of nitrogens with one attached hydrogen (secondary N) is 1. The number of aliphatic carboxylic acids is 1. The molecule has 92 valence electrons. The van der Waals surface area contributed by atoms with Crippen molar-refractivity contribution in [3.8, 4) is 0 Å². The third kappa shape index (κ3) is 4.78. The molecule has 2 N–H and O–H groups in total. The van der Waals surface area contributed by atoms with Crippen molar-refractivity contribution in [2.75, 3.05) is 6.54 Å². The molecule has 0 bridgehead atoms. The largest absolute Gasteiger partial charge is 0.478 e. The highest BCUT2D eigenvalue weighted by Crippen LogP contribution is 2.13. The van der Waals surface area contributed by atoms with Gasteiger partial charge in [-0.05, 0) is 31.5 Å². The Balaban J connectivity index is 2.56. The van der Waals surface area contributed by atoms with Gasteiger partial charge in [-0.25, -0.2) is 9.18 Å². The summed E-state index contributed by atoms with van der Waals surface area (Å²) in [5.74, 6) is -1.23. The van der Waals surface area contributed by atoms with E-state index in [2.05, 4.69) is 5.32 Å². The molecule has 0 aliphatic heterocycles. The van der Waals surface area contributed by atoms with E-state index < -0.39 is 5.97 Å². The molecule has 0 heterocycles. The topological polar surface area (TPSA) is 49.3 Å². The van der Waals surface area contributed by atoms with Crippen molar-refractivity contribution in [1.29, 1.82) is 0 Å². The van der Waals surface area contributed by atoms with Crippen molar-refractivity contribution < 1.29 is 14.3 Å². The highest BCUT2D eigenvalue weighted by Gasteiger charge is 2.05. The first-order valence-electron chi connectivity index (χ1n) is 5.38. The lowest BCUT2D eigenvalue weighted by Gasteiger charge is -2.14. The van der Waals surface area contributed by atoms with Crippen LogP contribution in [0.15, 0.2) is 35.9 Å². The minimum absolute atomic E-state index is 0.0251. The van der Waals surface area contributed by atoms with E-state index in [-0.39, 0.29) is 11.9 Å². The Labute approximate surface area is 100.0 Å². The van der Waals surface area contributed by atoms with Gasteiger partial charge in [0.05, 0.1) is 0 Å². The zero-order chi connectivity index (χ0) is 12.8. The number of hydrogen-bond acceptors (Lipinski definition) is 2. The van der Waals surface area contributed by atoms with Gasteiger partial charge in [-0.3, -0.25) is 0 Å². The third-order valence-electron chi connectivity index (χ3n) is 2.41. The SMILES string of the molecule is C/C(=C\C(=O)O)CNC(C)c1cccc(F)c1. The molecule has 1 aromatic rings. The number of carboxylic acids is 1. The van der Waals surface area contributed by atoms with Crippen LogP contribution >= 0.6 is 0 Å². The Morgan fingerprint density at radius 2 is 2.29 bits per heavy atom. The molecule has 0 spiro atoms. The van der Waals surface area contributed by atoms with E-state index in [9.17, 15) is 9.18 Å². The number of carbonyl (C=O) groups is 1. The van der Waals surface area contributed by atoms with E-state index in [0.29, 0.717) is 6.54 Å². The first-order chi connectivity index (χ1) is 7.99. The molecule has 3 nitrogen and oxygen atoms in total. The predicted molar refractivity (Wildman–Crippen MR) is 64.2 cm³/mol. The second kappa shape index (κ2) is 6.15. The molecule has 4 heteroatoms. The second-order valence-electron chi connectivity index (χ2n) is 3.99. The maximum atomic E-state index is 13.0. The van der Waals surface area contributed by atoms with Gasteiger partial charge in [0.1, 0.15) is 5.82 Å². The van der Waals surface area contributed by atoms with E-state index in [1.807, 2.05) is 13.0 Å². The van der Waals surface area contributed by atoms with E-state index in [1.165, 1.54) is 12.1 Å². The number of halogens is 1. The highest BCUT2D eigenvalue weighted by molar-refractivity contribution is 5.80. The van der Waals surface area contributed by atoms with Gasteiger partial charge in [-0.1, -0.05) is 17.7 Å². The second-order valence-corrected chi connectivity index (χ2v) is 3.99. The van der Waals surface area contributed by atoms with Crippen molar-refractivity contribution in [2.45, 2.75) is 19.9 Å². The van der Waals surface area contributed by atoms with Crippen molar-refractivity contribution in [1.82, 2.24) is 5.32 Å². The Morgan fingerprint density at radius 3 is 2.88 bits per heavy atom. The summed E-state index contributed by atoms with van der Waals surface area (Å²) in [5, 5.41) is 11.7. The fourth-order valence-corrected chi connectivity index (χ4v) is 1.47. The normalized spacial score (nSPS) is 13.5. The van der Waals surface area contributed by atoms with E-state index in [0.717, 1.165) is 17.2 Å². The predicted octanol–water partition coefficient (Wildman–Crippen LogP) is 2.51. The lowest BCUT2D eigenvalue weighted by molar-refractivity contribution is -0.131. The molecular formula is C13H16FNO2. The van der Waals surface area contributed by atoms with Crippen molar-refractivity contribution in [2.24, 2.45) is 0 Å². The summed E-state index contributed by atoms with van der Waals surface area (Å²) in [4.78, 5) is 10.4. The van der Waals surface area contributed by atoms with Crippen LogP contribution in [0.3, 0.4) is 0 Å². The molecule has 1 aromatic carbocycles. The van der Waals surface area contributed by atoms with Gasteiger partial charge >= 0.3 is 5.97 Å². The quantitative estimate of drug-likeness (QED) is 0.773. The Bertz CT molecular complexity index is 429. The Hall–Kier alpha value is -1.68. The van der Waals surface area contributed by atoms with Crippen LogP contribution in [0.25, 0.3) is 0 Å². The summed E-state index contributed by atoms with van der Waals surface area (Å²) < 4.78 is 13.0. The number of hydrogen-bond donors (Lipinski definition) is 2. The minimum Gasteiger partial charge on any atom is -0.478 e. The van der Waals surface area contributed by atoms with Crippen LogP contribution in [0.1, 0.15) is 25.5 Å². The molecule has 0 amide bonds. The van der Waals surface area contributed by atoms with Gasteiger partial charge in [0, 0.05) is 18.7 Å². The van der Waals surface area contributed by atoms with Crippen LogP contribution in [0.4, 0.5) is 4.39 Å². The summed E-state index contributed by atoms with van der Waals surface area (Å²) in [7, 11) is 0. The first-order valence-corrected chi connectivity index (χ1v) is 5.38. The standard InChI is InChI=1S/C13H16FNO2/c1-9(6-13(16)17)8-15-10(2)11-4-3-5-12(14)7-11/h3-7,10,15H,8H2,1-2H3,(H,16,17)/b9-6+. The number of rotatable bonds is 5. The van der Waals surface area contributed by atoms with Gasteiger partial charge in [-0.15, -0.1) is 0 Å². The molecule has 0 fully saturated rings. The van der Waals surface area contributed by atoms with Crippen LogP contribution in [-0.2, 0) is 4.79 Å². The lowest BCUT2D eigenvalue weighted by Crippen LogP contribution is -2.21. The molecule has 1 unspecified atom stereocenters. The van der Waals surface area contributed by atoms with Crippen LogP contribution in [0.2, 0.25) is 0 Å². The van der Waals surface area contributed by atoms with Gasteiger partial charge in [-0.2, -0.15) is 0 Å². The Kier molecular flexibility index (Phi) is 4.84. The molecule has 0 saturated carbocycles. The monoisotopic (exact) mass is 237 g/mol. The smallest absolute Gasteiger partial charge is 0.328 e. The molecule has 0 saturated heterocycles. The van der Waals surface area contributed by atoms with E-state index in [4.69, 9.17) is 5.11 Å². The molecule has 17 heavy (non-hydrogen) atoms. The maximum Gasteiger partial charge on any atom is 0.328 e. The molecule has 0 aliphatic carbocycles. The van der Waals surface area contributed by atoms with E-state index in [1.54, 1.807) is 13.0 Å². The average Bonchev–Trinajstić information content (AvgIpc) is 2.25. The lowest BCUT2D eigenvalue weighted by atomic mass is 10.1. The zero-order valence-electron chi connectivity index (χ0n) is 9.90. The number of benzene rings is 1. The Morgan fingerprint density at radius 1 is 1.59 bits per heavy atom. The minimum atomic E-state index is -0.956. The van der Waals surface area contributed by atoms with Gasteiger partial charge in [0.25, 0.3) is 0 Å². The summed E-state index contributed by atoms with van der Waals surface area (Å²) in [6.45, 7) is 4.10. The average molecular weight is 237 g/mol. The van der Waals surface area contributed by atoms with Crippen molar-refractivity contribution >= 4 is 5.97 Å². The summed E-state index contributed by atoms with van der Waals surface area (Å²) in [6, 6.07) is 6.32. The highest BCUT2D eigenvalue weighted by atomic mass is 19.1. The zero-order valence-corrected chi connectivity index (χ0v) is 9.90. The molecule has 1 atom stereocenters. The van der Waals surface area contributed by atoms with Gasteiger partial charge in [0.2, 0.25) is 0 Å². The molecule has 0 aliphatic rings. The molecular weight excluding hydrogens is 221 g/mol. The molecule has 0 aromatic heterocycles. The first kappa shape index (κ1) is 13.4. The van der Waals surface area contributed by atoms with Gasteiger partial charge < -0.3 is 10.4 Å².